The maximum Gasteiger partial charge on any atom is 0.247 e. The van der Waals surface area contributed by atoms with Gasteiger partial charge in [0.25, 0.3) is 0 Å². The molecule has 1 aromatic rings. The van der Waals surface area contributed by atoms with E-state index in [0.717, 1.165) is 13.0 Å². The number of ether oxygens (including phenoxy) is 1. The second-order valence-corrected chi connectivity index (χ2v) is 4.87. The van der Waals surface area contributed by atoms with Crippen molar-refractivity contribution in [2.24, 2.45) is 0 Å². The molecule has 0 radical (unpaired) electrons. The van der Waals surface area contributed by atoms with Gasteiger partial charge >= 0.3 is 0 Å². The number of carbonyl (C=O) groups is 2. The molecule has 2 aliphatic heterocycles. The predicted octanol–water partition coefficient (Wildman–Crippen LogP) is 0.0616. The number of aromatic nitrogens is 2. The minimum atomic E-state index is -0.425. The van der Waals surface area contributed by atoms with Gasteiger partial charge in [0.2, 0.25) is 11.8 Å². The van der Waals surface area contributed by atoms with Gasteiger partial charge in [-0.15, -0.1) is 0 Å². The van der Waals surface area contributed by atoms with Crippen molar-refractivity contribution in [3.8, 4) is 0 Å². The van der Waals surface area contributed by atoms with Crippen LogP contribution in [0.1, 0.15) is 25.3 Å². The lowest BCUT2D eigenvalue weighted by atomic mass is 10.2. The monoisotopic (exact) mass is 264 g/mol. The van der Waals surface area contributed by atoms with Crippen LogP contribution in [0.3, 0.4) is 0 Å². The Hall–Kier alpha value is -1.89. The van der Waals surface area contributed by atoms with Gasteiger partial charge in [-0.3, -0.25) is 14.3 Å². The Balaban J connectivity index is 1.60. The Morgan fingerprint density at radius 1 is 1.53 bits per heavy atom. The zero-order chi connectivity index (χ0) is 13.2. The fourth-order valence-electron chi connectivity index (χ4n) is 2.37. The Morgan fingerprint density at radius 2 is 2.42 bits per heavy atom. The summed E-state index contributed by atoms with van der Waals surface area (Å²) in [5, 5.41) is 9.64. The SMILES string of the molecule is O=C1CC[C@@H](C(=O)Nc2cnn([C@@H]3CCOC3)c2)N1. The van der Waals surface area contributed by atoms with Gasteiger partial charge in [-0.25, -0.2) is 0 Å². The van der Waals surface area contributed by atoms with Gasteiger partial charge in [0.1, 0.15) is 6.04 Å². The van der Waals surface area contributed by atoms with E-state index in [4.69, 9.17) is 4.74 Å². The number of carbonyl (C=O) groups excluding carboxylic acids is 2. The van der Waals surface area contributed by atoms with E-state index in [1.165, 1.54) is 0 Å². The lowest BCUT2D eigenvalue weighted by Gasteiger charge is -2.09. The summed E-state index contributed by atoms with van der Waals surface area (Å²) in [4.78, 5) is 23.0. The van der Waals surface area contributed by atoms with E-state index in [-0.39, 0.29) is 17.9 Å². The molecule has 7 heteroatoms. The third-order valence-corrected chi connectivity index (χ3v) is 3.46. The topological polar surface area (TPSA) is 85.2 Å². The summed E-state index contributed by atoms with van der Waals surface area (Å²) in [6.45, 7) is 1.41. The van der Waals surface area contributed by atoms with Crippen LogP contribution in [-0.4, -0.2) is 40.9 Å². The molecule has 0 saturated carbocycles. The normalized spacial score (nSPS) is 26.4. The highest BCUT2D eigenvalue weighted by Gasteiger charge is 2.27. The first-order chi connectivity index (χ1) is 9.22. The smallest absolute Gasteiger partial charge is 0.247 e. The number of anilines is 1. The van der Waals surface area contributed by atoms with Crippen molar-refractivity contribution in [1.82, 2.24) is 15.1 Å². The van der Waals surface area contributed by atoms with E-state index in [1.54, 1.807) is 12.4 Å². The first-order valence-electron chi connectivity index (χ1n) is 6.44. The molecule has 0 spiro atoms. The fraction of sp³-hybridized carbons (Fsp3) is 0.583. The third-order valence-electron chi connectivity index (χ3n) is 3.46. The van der Waals surface area contributed by atoms with Crippen LogP contribution in [0.25, 0.3) is 0 Å². The zero-order valence-corrected chi connectivity index (χ0v) is 10.5. The van der Waals surface area contributed by atoms with Gasteiger partial charge in [0.05, 0.1) is 24.5 Å². The van der Waals surface area contributed by atoms with E-state index in [2.05, 4.69) is 15.7 Å². The van der Waals surface area contributed by atoms with Crippen molar-refractivity contribution >= 4 is 17.5 Å². The molecule has 102 valence electrons. The number of nitrogens with one attached hydrogen (secondary N) is 2. The van der Waals surface area contributed by atoms with Crippen LogP contribution < -0.4 is 10.6 Å². The largest absolute Gasteiger partial charge is 0.379 e. The summed E-state index contributed by atoms with van der Waals surface area (Å²) in [5.41, 5.74) is 0.651. The third kappa shape index (κ3) is 2.60. The maximum absolute atomic E-state index is 11.9. The molecule has 2 saturated heterocycles. The van der Waals surface area contributed by atoms with Gasteiger partial charge in [-0.1, -0.05) is 0 Å². The predicted molar refractivity (Wildman–Crippen MR) is 66.5 cm³/mol. The van der Waals surface area contributed by atoms with E-state index >= 15 is 0 Å². The molecule has 19 heavy (non-hydrogen) atoms. The van der Waals surface area contributed by atoms with Crippen LogP contribution in [0.4, 0.5) is 5.69 Å². The van der Waals surface area contributed by atoms with Crippen LogP contribution >= 0.6 is 0 Å². The number of hydrogen-bond acceptors (Lipinski definition) is 4. The molecule has 2 N–H and O–H groups in total. The molecule has 7 nitrogen and oxygen atoms in total. The van der Waals surface area contributed by atoms with Crippen LogP contribution in [0.15, 0.2) is 12.4 Å². The van der Waals surface area contributed by atoms with Crippen molar-refractivity contribution in [3.05, 3.63) is 12.4 Å². The minimum absolute atomic E-state index is 0.0704. The fourth-order valence-corrected chi connectivity index (χ4v) is 2.37. The summed E-state index contributed by atoms with van der Waals surface area (Å²) in [5.74, 6) is -0.257. The highest BCUT2D eigenvalue weighted by molar-refractivity contribution is 5.98. The van der Waals surface area contributed by atoms with Crippen molar-refractivity contribution in [2.75, 3.05) is 18.5 Å². The Morgan fingerprint density at radius 3 is 3.11 bits per heavy atom. The van der Waals surface area contributed by atoms with Crippen molar-refractivity contribution in [1.29, 1.82) is 0 Å². The molecular formula is C12H16N4O3. The van der Waals surface area contributed by atoms with Crippen molar-refractivity contribution in [2.45, 2.75) is 31.3 Å². The number of hydrogen-bond donors (Lipinski definition) is 2. The van der Waals surface area contributed by atoms with Gasteiger partial charge in [0.15, 0.2) is 0 Å². The molecule has 2 atom stereocenters. The molecule has 0 bridgehead atoms. The first-order valence-corrected chi connectivity index (χ1v) is 6.44. The highest BCUT2D eigenvalue weighted by atomic mass is 16.5. The lowest BCUT2D eigenvalue weighted by molar-refractivity contribution is -0.122. The molecule has 0 aliphatic carbocycles. The Labute approximate surface area is 110 Å². The molecule has 3 heterocycles. The average Bonchev–Trinajstić information content (AvgIpc) is 3.07. The summed E-state index contributed by atoms with van der Waals surface area (Å²) < 4.78 is 7.11. The summed E-state index contributed by atoms with van der Waals surface area (Å²) in [6.07, 6.45) is 5.32. The van der Waals surface area contributed by atoms with Crippen molar-refractivity contribution < 1.29 is 14.3 Å². The quantitative estimate of drug-likeness (QED) is 0.808. The van der Waals surface area contributed by atoms with Gasteiger partial charge in [-0.2, -0.15) is 5.10 Å². The van der Waals surface area contributed by atoms with Crippen LogP contribution in [0.5, 0.6) is 0 Å². The number of amides is 2. The highest BCUT2D eigenvalue weighted by Crippen LogP contribution is 2.20. The maximum atomic E-state index is 11.9. The lowest BCUT2D eigenvalue weighted by Crippen LogP contribution is -2.37. The molecule has 2 fully saturated rings. The number of rotatable bonds is 3. The zero-order valence-electron chi connectivity index (χ0n) is 10.5. The molecule has 0 unspecified atom stereocenters. The molecule has 2 aliphatic rings. The standard InChI is InChI=1S/C12H16N4O3/c17-11-2-1-10(15-11)12(18)14-8-5-13-16(6-8)9-3-4-19-7-9/h5-6,9-10H,1-4,7H2,(H,14,18)(H,15,17)/t9-,10+/m1/s1. The van der Waals surface area contributed by atoms with Crippen LogP contribution in [0.2, 0.25) is 0 Å². The Kier molecular flexibility index (Phi) is 3.20. The van der Waals surface area contributed by atoms with Crippen molar-refractivity contribution in [3.63, 3.8) is 0 Å². The van der Waals surface area contributed by atoms with Crippen LogP contribution in [0, 0.1) is 0 Å². The molecular weight excluding hydrogens is 248 g/mol. The van der Waals surface area contributed by atoms with Crippen LogP contribution in [-0.2, 0) is 14.3 Å². The first kappa shape index (κ1) is 12.2. The molecule has 0 aromatic carbocycles. The van der Waals surface area contributed by atoms with E-state index in [0.29, 0.717) is 25.1 Å². The summed E-state index contributed by atoms with van der Waals surface area (Å²) in [7, 11) is 0. The van der Waals surface area contributed by atoms with E-state index in [1.807, 2.05) is 4.68 Å². The van der Waals surface area contributed by atoms with E-state index in [9.17, 15) is 9.59 Å². The molecule has 3 rings (SSSR count). The molecule has 1 aromatic heterocycles. The second-order valence-electron chi connectivity index (χ2n) is 4.87. The second kappa shape index (κ2) is 5.00. The summed E-state index contributed by atoms with van der Waals surface area (Å²) in [6, 6.07) is -0.178. The van der Waals surface area contributed by atoms with E-state index < -0.39 is 6.04 Å². The minimum Gasteiger partial charge on any atom is -0.379 e. The number of nitrogens with zero attached hydrogens (tertiary/aromatic N) is 2. The average molecular weight is 264 g/mol. The van der Waals surface area contributed by atoms with Gasteiger partial charge in [-0.05, 0) is 12.8 Å². The molecule has 2 amide bonds. The van der Waals surface area contributed by atoms with Gasteiger partial charge < -0.3 is 15.4 Å². The summed E-state index contributed by atoms with van der Waals surface area (Å²) >= 11 is 0. The van der Waals surface area contributed by atoms with Gasteiger partial charge in [0, 0.05) is 19.2 Å². The Bertz CT molecular complexity index is 493.